The van der Waals surface area contributed by atoms with Crippen molar-refractivity contribution in [2.45, 2.75) is 196 Å². The highest BCUT2D eigenvalue weighted by Crippen LogP contribution is 2.37. The van der Waals surface area contributed by atoms with Crippen LogP contribution < -0.4 is 19.6 Å². The Balaban J connectivity index is 0.000000150. The summed E-state index contributed by atoms with van der Waals surface area (Å²) < 4.78 is 137. The van der Waals surface area contributed by atoms with E-state index in [0.29, 0.717) is 146 Å². The highest BCUT2D eigenvalue weighted by Gasteiger charge is 2.44. The molecule has 4 aromatic heterocycles. The molecule has 8 aromatic rings. The minimum atomic E-state index is -3.49. The highest BCUT2D eigenvalue weighted by atomic mass is 32.3. The molecule has 728 valence electrons. The number of anilines is 4. The van der Waals surface area contributed by atoms with E-state index in [1.165, 1.54) is 45.3 Å². The lowest BCUT2D eigenvalue weighted by atomic mass is 9.98. The second-order valence-electron chi connectivity index (χ2n) is 37.5. The summed E-state index contributed by atoms with van der Waals surface area (Å²) in [5.74, 6) is 0. The SMILES string of the molecule is CC[C@@H]1COCCN1C[C@H]1CN(S(=O)(=O)c2cccs2)CCN1c1ccc(C(C)(C)O)cc1.CC[C@@H]1COCCN1C[C@H]1CN(S(=O)(=O)c2cccs2)CCN1c1ccc(C(C)(C)O)cc1.CC[C@H]1COCCN1C[C@H]1CN(S(=O)(=O)c2cccs2)CCN1c1ccc(C(C)(C)O)cc1.CC[C@H]1COCCN1C[C@H]1CN(S(=O)(=O)c2cccs2)CCN1c1ccc(C(C)(C)O)cc1. The van der Waals surface area contributed by atoms with Crippen LogP contribution in [-0.2, 0) is 81.4 Å². The Labute approximate surface area is 801 Å². The van der Waals surface area contributed by atoms with Crippen molar-refractivity contribution in [2.24, 2.45) is 0 Å². The van der Waals surface area contributed by atoms with Crippen molar-refractivity contribution in [3.8, 4) is 0 Å². The Morgan fingerprint density at radius 1 is 0.280 bits per heavy atom. The van der Waals surface area contributed by atoms with Crippen LogP contribution in [0.25, 0.3) is 0 Å². The van der Waals surface area contributed by atoms with E-state index in [4.69, 9.17) is 18.9 Å². The fourth-order valence-electron chi connectivity index (χ4n) is 18.9. The summed E-state index contributed by atoms with van der Waals surface area (Å²) in [7, 11) is -14.0. The molecule has 8 aliphatic rings. The van der Waals surface area contributed by atoms with Crippen LogP contribution in [0.15, 0.2) is 184 Å². The molecule has 0 spiro atoms. The number of ether oxygens (including phenoxy) is 4. The number of sulfonamides is 4. The summed E-state index contributed by atoms with van der Waals surface area (Å²) in [5, 5.41) is 48.5. The van der Waals surface area contributed by atoms with Gasteiger partial charge < -0.3 is 59.0 Å². The summed E-state index contributed by atoms with van der Waals surface area (Å²) in [4.78, 5) is 19.1. The Morgan fingerprint density at radius 2 is 0.470 bits per heavy atom. The van der Waals surface area contributed by atoms with Gasteiger partial charge in [-0.25, -0.2) is 33.7 Å². The molecule has 8 fully saturated rings. The average molecular weight is 1970 g/mol. The third kappa shape index (κ3) is 25.8. The molecule has 16 rings (SSSR count). The first kappa shape index (κ1) is 103. The Morgan fingerprint density at radius 3 is 0.629 bits per heavy atom. The summed E-state index contributed by atoms with van der Waals surface area (Å²) >= 11 is 5.09. The molecule has 12 heterocycles. The van der Waals surface area contributed by atoms with Crippen molar-refractivity contribution in [1.82, 2.24) is 36.8 Å². The van der Waals surface area contributed by atoms with Gasteiger partial charge in [0.15, 0.2) is 0 Å². The van der Waals surface area contributed by atoms with Gasteiger partial charge in [0.1, 0.15) is 16.8 Å². The Kier molecular flexibility index (Phi) is 35.5. The molecular weight excluding hydrogens is 1830 g/mol. The van der Waals surface area contributed by atoms with Gasteiger partial charge >= 0.3 is 0 Å². The first-order valence-corrected chi connectivity index (χ1v) is 55.9. The average Bonchev–Trinajstić information content (AvgIpc) is 1.27. The van der Waals surface area contributed by atoms with Crippen molar-refractivity contribution in [3.05, 3.63) is 189 Å². The van der Waals surface area contributed by atoms with Crippen LogP contribution in [0, 0.1) is 0 Å². The molecule has 0 unspecified atom stereocenters. The number of rotatable bonds is 28. The van der Waals surface area contributed by atoms with Crippen LogP contribution >= 0.6 is 45.3 Å². The van der Waals surface area contributed by atoms with Gasteiger partial charge in [0.05, 0.1) is 99.4 Å². The molecule has 28 nitrogen and oxygen atoms in total. The minimum absolute atomic E-state index is 0.0219. The van der Waals surface area contributed by atoms with Crippen molar-refractivity contribution in [2.75, 3.05) is 203 Å². The fourth-order valence-corrected chi connectivity index (χ4v) is 29.3. The number of thiophene rings is 4. The maximum absolute atomic E-state index is 13.3. The molecule has 4 N–H and O–H groups in total. The number of hydrogen-bond acceptors (Lipinski definition) is 28. The van der Waals surface area contributed by atoms with Crippen LogP contribution in [0.2, 0.25) is 0 Å². The number of aliphatic hydroxyl groups is 4. The summed E-state index contributed by atoms with van der Waals surface area (Å²) in [6, 6.07) is 47.4. The van der Waals surface area contributed by atoms with Gasteiger partial charge in [0.2, 0.25) is 0 Å². The fraction of sp³-hybridized carbons (Fsp3) is 0.583. The Bertz CT molecular complexity index is 4680. The smallest absolute Gasteiger partial charge is 0.252 e. The second-order valence-corrected chi connectivity index (χ2v) is 50.0. The maximum Gasteiger partial charge on any atom is 0.252 e. The van der Waals surface area contributed by atoms with Crippen molar-refractivity contribution < 1.29 is 73.0 Å². The van der Waals surface area contributed by atoms with E-state index in [0.717, 1.165) is 149 Å². The van der Waals surface area contributed by atoms with Crippen LogP contribution in [0.4, 0.5) is 22.7 Å². The van der Waals surface area contributed by atoms with E-state index in [2.05, 4.69) is 66.9 Å². The summed E-state index contributed by atoms with van der Waals surface area (Å²) in [6.07, 6.45) is 4.02. The molecule has 8 saturated heterocycles. The van der Waals surface area contributed by atoms with E-state index in [9.17, 15) is 54.1 Å². The third-order valence-electron chi connectivity index (χ3n) is 26.8. The van der Waals surface area contributed by atoms with Gasteiger partial charge in [0, 0.05) is 178 Å². The third-order valence-corrected chi connectivity index (χ3v) is 39.8. The lowest BCUT2D eigenvalue weighted by molar-refractivity contribution is -0.0126. The molecular formula is C96H140N12O16S8. The van der Waals surface area contributed by atoms with Gasteiger partial charge in [-0.3, -0.25) is 19.6 Å². The van der Waals surface area contributed by atoms with Gasteiger partial charge in [-0.15, -0.1) is 45.3 Å². The van der Waals surface area contributed by atoms with Gasteiger partial charge in [-0.2, -0.15) is 17.2 Å². The molecule has 0 bridgehead atoms. The van der Waals surface area contributed by atoms with Crippen LogP contribution in [-0.4, -0.2) is 323 Å². The second kappa shape index (κ2) is 45.3. The van der Waals surface area contributed by atoms with E-state index in [1.54, 1.807) is 121 Å². The highest BCUT2D eigenvalue weighted by molar-refractivity contribution is 7.92. The predicted octanol–water partition coefficient (Wildman–Crippen LogP) is 11.9. The summed E-state index contributed by atoms with van der Waals surface area (Å²) in [6.45, 7) is 41.3. The molecule has 36 heteroatoms. The number of hydrogen-bond donors (Lipinski definition) is 4. The van der Waals surface area contributed by atoms with Gasteiger partial charge in [-0.1, -0.05) is 100 Å². The zero-order chi connectivity index (χ0) is 94.6. The zero-order valence-corrected chi connectivity index (χ0v) is 85.3. The largest absolute Gasteiger partial charge is 0.386 e. The molecule has 0 radical (unpaired) electrons. The lowest BCUT2D eigenvalue weighted by Crippen LogP contribution is -2.60. The molecule has 4 aromatic carbocycles. The van der Waals surface area contributed by atoms with Gasteiger partial charge in [-0.05, 0) is 198 Å². The van der Waals surface area contributed by atoms with Crippen LogP contribution in [0.1, 0.15) is 131 Å². The van der Waals surface area contributed by atoms with E-state index < -0.39 is 62.5 Å². The molecule has 8 atom stereocenters. The van der Waals surface area contributed by atoms with Gasteiger partial charge in [0.25, 0.3) is 40.1 Å². The number of benzene rings is 4. The molecule has 0 saturated carbocycles. The predicted molar refractivity (Wildman–Crippen MR) is 529 cm³/mol. The number of nitrogens with zero attached hydrogens (tertiary/aromatic N) is 12. The standard InChI is InChI=1S/4C24H35N3O4S2/c4*1-4-20-18-31-14-13-25(20)16-22-17-26(33(29,30)23-6-5-15-32-23)11-12-27(22)21-9-7-19(8-10-21)24(2,3)28/h4*5-10,15,20,22,28H,4,11-14,16-18H2,1-3H3/t2*20-,22+;2*20-,22-/m1100/s1. The molecule has 8 aliphatic heterocycles. The maximum atomic E-state index is 13.3. The molecule has 0 amide bonds. The van der Waals surface area contributed by atoms with Crippen LogP contribution in [0.5, 0.6) is 0 Å². The normalized spacial score (nSPS) is 23.7. The quantitative estimate of drug-likeness (QED) is 0.0354. The topological polar surface area (TPSA) is 293 Å². The molecule has 0 aliphatic carbocycles. The monoisotopic (exact) mass is 1970 g/mol. The number of morpholine rings is 4. The van der Waals surface area contributed by atoms with Crippen molar-refractivity contribution in [3.63, 3.8) is 0 Å². The first-order chi connectivity index (χ1) is 62.8. The van der Waals surface area contributed by atoms with E-state index >= 15 is 0 Å². The molecule has 132 heavy (non-hydrogen) atoms. The van der Waals surface area contributed by atoms with Crippen molar-refractivity contribution in [1.29, 1.82) is 0 Å². The van der Waals surface area contributed by atoms with E-state index in [1.807, 2.05) is 119 Å². The zero-order valence-electron chi connectivity index (χ0n) is 78.7. The van der Waals surface area contributed by atoms with Crippen LogP contribution in [0.3, 0.4) is 0 Å². The number of piperazine rings is 4. The van der Waals surface area contributed by atoms with E-state index in [-0.39, 0.29) is 24.2 Å². The Hall–Kier alpha value is -5.96. The van der Waals surface area contributed by atoms with Crippen molar-refractivity contribution >= 4 is 108 Å². The summed E-state index contributed by atoms with van der Waals surface area (Å²) in [5.41, 5.74) is 4.10. The minimum Gasteiger partial charge on any atom is -0.386 e. The lowest BCUT2D eigenvalue weighted by Gasteiger charge is -2.46. The first-order valence-electron chi connectivity index (χ1n) is 46.6.